The number of nitrogens with zero attached hydrogens (tertiary/aromatic N) is 2. The first-order valence-electron chi connectivity index (χ1n) is 11.1. The standard InChI is InChI=1S/C26H26N4O3S/c27-24-23(25(32)28-26(33)30(24)18-20-11-5-2-6-12-20)29(17-19-9-3-1-4-10-19)22(31)15-7-13-21-14-8-16-34-21/h1-6,8-12,14,16H,7,13,15,17-18,27H2,(H,28,32,33). The molecule has 0 bridgehead atoms. The molecule has 0 saturated heterocycles. The second kappa shape index (κ2) is 10.8. The molecule has 34 heavy (non-hydrogen) atoms. The van der Waals surface area contributed by atoms with Crippen LogP contribution in [0.25, 0.3) is 0 Å². The Balaban J connectivity index is 1.68. The summed E-state index contributed by atoms with van der Waals surface area (Å²) in [6.45, 7) is 0.358. The molecule has 0 fully saturated rings. The van der Waals surface area contributed by atoms with Gasteiger partial charge in [-0.15, -0.1) is 11.3 Å². The Hall–Kier alpha value is -3.91. The third-order valence-corrected chi connectivity index (χ3v) is 6.48. The van der Waals surface area contributed by atoms with Crippen LogP contribution in [0.2, 0.25) is 0 Å². The van der Waals surface area contributed by atoms with Gasteiger partial charge in [-0.3, -0.25) is 19.1 Å². The molecule has 2 heterocycles. The number of anilines is 2. The van der Waals surface area contributed by atoms with Crippen LogP contribution in [0.3, 0.4) is 0 Å². The molecular weight excluding hydrogens is 448 g/mol. The van der Waals surface area contributed by atoms with Crippen molar-refractivity contribution in [3.05, 3.63) is 115 Å². The molecule has 0 radical (unpaired) electrons. The topological polar surface area (TPSA) is 101 Å². The lowest BCUT2D eigenvalue weighted by atomic mass is 10.1. The number of hydrogen-bond donors (Lipinski definition) is 2. The van der Waals surface area contributed by atoms with Gasteiger partial charge in [0.05, 0.1) is 13.1 Å². The zero-order valence-corrected chi connectivity index (χ0v) is 19.5. The summed E-state index contributed by atoms with van der Waals surface area (Å²) in [6.07, 6.45) is 1.68. The van der Waals surface area contributed by atoms with E-state index < -0.39 is 11.2 Å². The second-order valence-corrected chi connectivity index (χ2v) is 9.00. The van der Waals surface area contributed by atoms with E-state index in [2.05, 4.69) is 4.98 Å². The van der Waals surface area contributed by atoms with Gasteiger partial charge in [0, 0.05) is 11.3 Å². The van der Waals surface area contributed by atoms with Crippen molar-refractivity contribution in [2.45, 2.75) is 32.4 Å². The first-order valence-corrected chi connectivity index (χ1v) is 11.9. The van der Waals surface area contributed by atoms with Crippen molar-refractivity contribution < 1.29 is 4.79 Å². The number of aromatic nitrogens is 2. The Morgan fingerprint density at radius 1 is 0.941 bits per heavy atom. The van der Waals surface area contributed by atoms with Gasteiger partial charge in [-0.05, 0) is 35.4 Å². The van der Waals surface area contributed by atoms with Crippen LogP contribution >= 0.6 is 11.3 Å². The summed E-state index contributed by atoms with van der Waals surface area (Å²) in [5.74, 6) is -0.248. The lowest BCUT2D eigenvalue weighted by Crippen LogP contribution is -2.41. The van der Waals surface area contributed by atoms with Gasteiger partial charge in [-0.25, -0.2) is 4.79 Å². The van der Waals surface area contributed by atoms with Gasteiger partial charge in [0.1, 0.15) is 5.82 Å². The van der Waals surface area contributed by atoms with E-state index in [1.165, 1.54) is 14.3 Å². The van der Waals surface area contributed by atoms with E-state index in [0.29, 0.717) is 6.42 Å². The van der Waals surface area contributed by atoms with Crippen LogP contribution < -0.4 is 21.9 Å². The summed E-state index contributed by atoms with van der Waals surface area (Å²) in [7, 11) is 0. The maximum atomic E-state index is 13.4. The fourth-order valence-corrected chi connectivity index (χ4v) is 4.57. The van der Waals surface area contributed by atoms with Crippen LogP contribution in [0.1, 0.15) is 28.8 Å². The summed E-state index contributed by atoms with van der Waals surface area (Å²) in [4.78, 5) is 43.8. The average molecular weight is 475 g/mol. The maximum absolute atomic E-state index is 13.4. The quantitative estimate of drug-likeness (QED) is 0.385. The molecule has 8 heteroatoms. The molecule has 0 aliphatic carbocycles. The molecule has 0 aliphatic heterocycles. The average Bonchev–Trinajstić information content (AvgIpc) is 3.36. The van der Waals surface area contributed by atoms with E-state index in [1.807, 2.05) is 78.2 Å². The van der Waals surface area contributed by atoms with Crippen molar-refractivity contribution >= 4 is 28.7 Å². The van der Waals surface area contributed by atoms with Crippen LogP contribution in [-0.4, -0.2) is 15.5 Å². The van der Waals surface area contributed by atoms with Crippen molar-refractivity contribution in [2.24, 2.45) is 0 Å². The molecule has 0 unspecified atom stereocenters. The van der Waals surface area contributed by atoms with Gasteiger partial charge < -0.3 is 10.6 Å². The molecule has 1 amide bonds. The molecule has 0 aliphatic rings. The number of nitrogens with one attached hydrogen (secondary N) is 1. The van der Waals surface area contributed by atoms with Gasteiger partial charge >= 0.3 is 5.69 Å². The third-order valence-electron chi connectivity index (χ3n) is 5.55. The summed E-state index contributed by atoms with van der Waals surface area (Å²) in [5, 5.41) is 2.01. The Morgan fingerprint density at radius 3 is 2.26 bits per heavy atom. The SMILES string of the molecule is Nc1c(N(Cc2ccccc2)C(=O)CCCc2cccs2)c(=O)[nH]c(=O)n1Cc1ccccc1. The third kappa shape index (κ3) is 5.52. The summed E-state index contributed by atoms with van der Waals surface area (Å²) in [5.41, 5.74) is 6.81. The minimum absolute atomic E-state index is 0.000470. The normalized spacial score (nSPS) is 10.8. The van der Waals surface area contributed by atoms with Gasteiger partial charge in [-0.1, -0.05) is 66.7 Å². The first kappa shape index (κ1) is 23.3. The Bertz CT molecular complexity index is 1350. The number of H-pyrrole nitrogens is 1. The Morgan fingerprint density at radius 2 is 1.62 bits per heavy atom. The zero-order valence-electron chi connectivity index (χ0n) is 18.6. The number of carbonyl (C=O) groups excluding carboxylic acids is 1. The summed E-state index contributed by atoms with van der Waals surface area (Å²) in [6, 6.07) is 22.8. The Kier molecular flexibility index (Phi) is 7.39. The van der Waals surface area contributed by atoms with E-state index in [0.717, 1.165) is 17.5 Å². The summed E-state index contributed by atoms with van der Waals surface area (Å²) < 4.78 is 1.29. The number of carbonyl (C=O) groups is 1. The van der Waals surface area contributed by atoms with Crippen LogP contribution in [0, 0.1) is 0 Å². The molecular formula is C26H26N4O3S. The van der Waals surface area contributed by atoms with E-state index >= 15 is 0 Å². The molecule has 3 N–H and O–H groups in total. The first-order chi connectivity index (χ1) is 16.5. The van der Waals surface area contributed by atoms with Crippen molar-refractivity contribution in [3.8, 4) is 0 Å². The number of nitrogen functional groups attached to an aromatic ring is 1. The van der Waals surface area contributed by atoms with Gasteiger partial charge in [0.15, 0.2) is 5.69 Å². The number of benzene rings is 2. The molecule has 4 aromatic rings. The van der Waals surface area contributed by atoms with Crippen molar-refractivity contribution in [3.63, 3.8) is 0 Å². The van der Waals surface area contributed by atoms with Gasteiger partial charge in [0.25, 0.3) is 5.56 Å². The second-order valence-electron chi connectivity index (χ2n) is 7.96. The minimum Gasteiger partial charge on any atom is -0.383 e. The zero-order chi connectivity index (χ0) is 23.9. The molecule has 174 valence electrons. The van der Waals surface area contributed by atoms with Crippen molar-refractivity contribution in [1.82, 2.24) is 9.55 Å². The van der Waals surface area contributed by atoms with Gasteiger partial charge in [0.2, 0.25) is 5.91 Å². The van der Waals surface area contributed by atoms with Crippen LogP contribution in [0.15, 0.2) is 87.8 Å². The van der Waals surface area contributed by atoms with Crippen LogP contribution in [0.5, 0.6) is 0 Å². The smallest absolute Gasteiger partial charge is 0.330 e. The highest BCUT2D eigenvalue weighted by molar-refractivity contribution is 7.09. The minimum atomic E-state index is -0.672. The fourth-order valence-electron chi connectivity index (χ4n) is 3.82. The number of aryl methyl sites for hydroxylation is 1. The largest absolute Gasteiger partial charge is 0.383 e. The predicted octanol–water partition coefficient (Wildman–Crippen LogP) is 3.78. The Labute approximate surface area is 201 Å². The maximum Gasteiger partial charge on any atom is 0.330 e. The molecule has 0 spiro atoms. The number of rotatable bonds is 9. The number of hydrogen-bond acceptors (Lipinski definition) is 5. The molecule has 2 aromatic carbocycles. The highest BCUT2D eigenvalue weighted by atomic mass is 32.1. The van der Waals surface area contributed by atoms with Crippen LogP contribution in [0.4, 0.5) is 11.5 Å². The van der Waals surface area contributed by atoms with E-state index in [-0.39, 0.29) is 36.9 Å². The highest BCUT2D eigenvalue weighted by Crippen LogP contribution is 2.22. The van der Waals surface area contributed by atoms with E-state index in [1.54, 1.807) is 11.3 Å². The highest BCUT2D eigenvalue weighted by Gasteiger charge is 2.24. The number of thiophene rings is 1. The van der Waals surface area contributed by atoms with Crippen molar-refractivity contribution in [1.29, 1.82) is 0 Å². The molecule has 2 aromatic heterocycles. The lowest BCUT2D eigenvalue weighted by molar-refractivity contribution is -0.118. The van der Waals surface area contributed by atoms with Crippen LogP contribution in [-0.2, 0) is 24.3 Å². The number of aromatic amines is 1. The lowest BCUT2D eigenvalue weighted by Gasteiger charge is -2.25. The van der Waals surface area contributed by atoms with Gasteiger partial charge in [-0.2, -0.15) is 0 Å². The molecule has 7 nitrogen and oxygen atoms in total. The molecule has 4 rings (SSSR count). The summed E-state index contributed by atoms with van der Waals surface area (Å²) >= 11 is 1.65. The van der Waals surface area contributed by atoms with E-state index in [9.17, 15) is 14.4 Å². The van der Waals surface area contributed by atoms with E-state index in [4.69, 9.17) is 5.73 Å². The monoisotopic (exact) mass is 474 g/mol. The van der Waals surface area contributed by atoms with Crippen molar-refractivity contribution in [2.75, 3.05) is 10.6 Å². The predicted molar refractivity (Wildman–Crippen MR) is 136 cm³/mol. The number of amides is 1. The molecule has 0 saturated carbocycles. The molecule has 0 atom stereocenters. The number of nitrogens with two attached hydrogens (primary N) is 1. The fraction of sp³-hybridized carbons (Fsp3) is 0.192.